The molecule has 0 saturated carbocycles. The third-order valence-corrected chi connectivity index (χ3v) is 4.00. The number of benzene rings is 1. The molecule has 0 aliphatic carbocycles. The van der Waals surface area contributed by atoms with Gasteiger partial charge in [0.1, 0.15) is 5.75 Å². The Balaban J connectivity index is 1.89. The van der Waals surface area contributed by atoms with Gasteiger partial charge in [-0.2, -0.15) is 0 Å². The first-order valence-corrected chi connectivity index (χ1v) is 7.25. The fourth-order valence-electron chi connectivity index (χ4n) is 2.79. The average molecular weight is 263 g/mol. The van der Waals surface area contributed by atoms with Crippen LogP contribution in [0.1, 0.15) is 42.9 Å². The molecule has 19 heavy (non-hydrogen) atoms. The Morgan fingerprint density at radius 3 is 2.63 bits per heavy atom. The normalized spacial score (nSPS) is 18.3. The van der Waals surface area contributed by atoms with E-state index in [1.807, 2.05) is 25.1 Å². The van der Waals surface area contributed by atoms with Gasteiger partial charge in [-0.3, -0.25) is 0 Å². The molecule has 1 N–H and O–H groups in total. The number of piperidine rings is 1. The Morgan fingerprint density at radius 2 is 2.00 bits per heavy atom. The van der Waals surface area contributed by atoms with Crippen molar-refractivity contribution in [3.05, 3.63) is 29.3 Å². The van der Waals surface area contributed by atoms with E-state index in [4.69, 9.17) is 4.74 Å². The first-order chi connectivity index (χ1) is 9.20. The zero-order valence-corrected chi connectivity index (χ0v) is 12.1. The van der Waals surface area contributed by atoms with Crippen molar-refractivity contribution in [2.24, 2.45) is 0 Å². The number of nitrogens with zero attached hydrogens (tertiary/aromatic N) is 1. The molecule has 0 aromatic heterocycles. The minimum atomic E-state index is -0.368. The van der Waals surface area contributed by atoms with Crippen LogP contribution in [-0.4, -0.2) is 36.8 Å². The Hall–Kier alpha value is -1.06. The lowest BCUT2D eigenvalue weighted by Gasteiger charge is -2.27. The number of hydrogen-bond acceptors (Lipinski definition) is 3. The first-order valence-electron chi connectivity index (χ1n) is 7.25. The largest absolute Gasteiger partial charge is 0.497 e. The van der Waals surface area contributed by atoms with E-state index in [0.29, 0.717) is 0 Å². The Labute approximate surface area is 116 Å². The summed E-state index contributed by atoms with van der Waals surface area (Å²) < 4.78 is 5.20. The molecular weight excluding hydrogens is 238 g/mol. The van der Waals surface area contributed by atoms with Gasteiger partial charge >= 0.3 is 0 Å². The maximum absolute atomic E-state index is 10.3. The standard InChI is InChI=1S/C16H25NO2/c1-13-12-14(19-2)6-7-15(13)16(18)8-11-17-9-4-3-5-10-17/h6-7,12,16,18H,3-5,8-11H2,1-2H3. The molecule has 1 aliphatic heterocycles. The van der Waals surface area contributed by atoms with Crippen molar-refractivity contribution in [3.8, 4) is 5.75 Å². The molecular formula is C16H25NO2. The van der Waals surface area contributed by atoms with Crippen LogP contribution in [0.3, 0.4) is 0 Å². The molecule has 0 bridgehead atoms. The summed E-state index contributed by atoms with van der Waals surface area (Å²) in [6, 6.07) is 5.89. The van der Waals surface area contributed by atoms with Gasteiger partial charge in [0.15, 0.2) is 0 Å². The van der Waals surface area contributed by atoms with Gasteiger partial charge < -0.3 is 14.7 Å². The van der Waals surface area contributed by atoms with Crippen LogP contribution >= 0.6 is 0 Å². The van der Waals surface area contributed by atoms with Crippen LogP contribution in [0.15, 0.2) is 18.2 Å². The predicted molar refractivity (Wildman–Crippen MR) is 77.6 cm³/mol. The van der Waals surface area contributed by atoms with Gasteiger partial charge in [-0.1, -0.05) is 12.5 Å². The summed E-state index contributed by atoms with van der Waals surface area (Å²) in [4.78, 5) is 2.46. The third kappa shape index (κ3) is 3.95. The van der Waals surface area contributed by atoms with E-state index in [1.165, 1.54) is 32.4 Å². The van der Waals surface area contributed by atoms with Crippen LogP contribution in [0.25, 0.3) is 0 Å². The second-order valence-electron chi connectivity index (χ2n) is 5.43. The van der Waals surface area contributed by atoms with Gasteiger partial charge in [0.05, 0.1) is 13.2 Å². The van der Waals surface area contributed by atoms with E-state index in [2.05, 4.69) is 4.90 Å². The molecule has 1 heterocycles. The SMILES string of the molecule is COc1ccc(C(O)CCN2CCCCC2)c(C)c1. The van der Waals surface area contributed by atoms with Crippen molar-refractivity contribution in [1.29, 1.82) is 0 Å². The molecule has 106 valence electrons. The number of rotatable bonds is 5. The molecule has 1 unspecified atom stereocenters. The highest BCUT2D eigenvalue weighted by atomic mass is 16.5. The number of aliphatic hydroxyl groups excluding tert-OH is 1. The third-order valence-electron chi connectivity index (χ3n) is 4.00. The molecule has 1 fully saturated rings. The summed E-state index contributed by atoms with van der Waals surface area (Å²) in [5.41, 5.74) is 2.13. The second kappa shape index (κ2) is 6.92. The molecule has 1 saturated heterocycles. The summed E-state index contributed by atoms with van der Waals surface area (Å²) in [5.74, 6) is 0.851. The maximum atomic E-state index is 10.3. The van der Waals surface area contributed by atoms with E-state index >= 15 is 0 Å². The smallest absolute Gasteiger partial charge is 0.119 e. The molecule has 0 amide bonds. The predicted octanol–water partition coefficient (Wildman–Crippen LogP) is 2.91. The molecule has 0 radical (unpaired) electrons. The minimum absolute atomic E-state index is 0.368. The van der Waals surface area contributed by atoms with Crippen LogP contribution in [0, 0.1) is 6.92 Å². The van der Waals surface area contributed by atoms with Crippen LogP contribution in [0.5, 0.6) is 5.75 Å². The summed E-state index contributed by atoms with van der Waals surface area (Å²) in [7, 11) is 1.67. The minimum Gasteiger partial charge on any atom is -0.497 e. The van der Waals surface area contributed by atoms with E-state index in [1.54, 1.807) is 7.11 Å². The second-order valence-corrected chi connectivity index (χ2v) is 5.43. The molecule has 1 atom stereocenters. The van der Waals surface area contributed by atoms with E-state index in [-0.39, 0.29) is 6.10 Å². The highest BCUT2D eigenvalue weighted by Crippen LogP contribution is 2.25. The van der Waals surface area contributed by atoms with Crippen LogP contribution in [0.2, 0.25) is 0 Å². The van der Waals surface area contributed by atoms with Gasteiger partial charge in [0.25, 0.3) is 0 Å². The van der Waals surface area contributed by atoms with Crippen molar-refractivity contribution >= 4 is 0 Å². The molecule has 3 nitrogen and oxygen atoms in total. The number of aliphatic hydroxyl groups is 1. The Morgan fingerprint density at radius 1 is 1.26 bits per heavy atom. The van der Waals surface area contributed by atoms with E-state index in [0.717, 1.165) is 29.8 Å². The number of aryl methyl sites for hydroxylation is 1. The molecule has 3 heteroatoms. The zero-order valence-electron chi connectivity index (χ0n) is 12.1. The molecule has 1 aliphatic rings. The fraction of sp³-hybridized carbons (Fsp3) is 0.625. The first kappa shape index (κ1) is 14.4. The monoisotopic (exact) mass is 263 g/mol. The number of hydrogen-bond donors (Lipinski definition) is 1. The van der Waals surface area contributed by atoms with E-state index < -0.39 is 0 Å². The lowest BCUT2D eigenvalue weighted by atomic mass is 10.0. The number of ether oxygens (including phenoxy) is 1. The van der Waals surface area contributed by atoms with Crippen molar-refractivity contribution in [2.75, 3.05) is 26.7 Å². The van der Waals surface area contributed by atoms with Crippen LogP contribution in [0.4, 0.5) is 0 Å². The molecule has 1 aromatic rings. The van der Waals surface area contributed by atoms with Gasteiger partial charge in [-0.05, 0) is 62.5 Å². The van der Waals surface area contributed by atoms with Crippen LogP contribution in [-0.2, 0) is 0 Å². The number of likely N-dealkylation sites (tertiary alicyclic amines) is 1. The van der Waals surface area contributed by atoms with E-state index in [9.17, 15) is 5.11 Å². The average Bonchev–Trinajstić information content (AvgIpc) is 2.45. The van der Waals surface area contributed by atoms with Crippen molar-refractivity contribution < 1.29 is 9.84 Å². The lowest BCUT2D eigenvalue weighted by molar-refractivity contribution is 0.133. The maximum Gasteiger partial charge on any atom is 0.119 e. The van der Waals surface area contributed by atoms with Crippen molar-refractivity contribution in [1.82, 2.24) is 4.90 Å². The van der Waals surface area contributed by atoms with Crippen molar-refractivity contribution in [2.45, 2.75) is 38.7 Å². The zero-order chi connectivity index (χ0) is 13.7. The summed E-state index contributed by atoms with van der Waals surface area (Å²) >= 11 is 0. The summed E-state index contributed by atoms with van der Waals surface area (Å²) in [6.07, 6.45) is 4.41. The highest BCUT2D eigenvalue weighted by molar-refractivity contribution is 5.35. The number of methoxy groups -OCH3 is 1. The van der Waals surface area contributed by atoms with Gasteiger partial charge in [0.2, 0.25) is 0 Å². The van der Waals surface area contributed by atoms with Gasteiger partial charge in [-0.15, -0.1) is 0 Å². The topological polar surface area (TPSA) is 32.7 Å². The highest BCUT2D eigenvalue weighted by Gasteiger charge is 2.15. The lowest BCUT2D eigenvalue weighted by Crippen LogP contribution is -2.31. The molecule has 0 spiro atoms. The van der Waals surface area contributed by atoms with Gasteiger partial charge in [-0.25, -0.2) is 0 Å². The molecule has 1 aromatic carbocycles. The van der Waals surface area contributed by atoms with Gasteiger partial charge in [0, 0.05) is 6.54 Å². The quantitative estimate of drug-likeness (QED) is 0.886. The molecule has 2 rings (SSSR count). The Bertz CT molecular complexity index is 400. The Kier molecular flexibility index (Phi) is 5.23. The summed E-state index contributed by atoms with van der Waals surface area (Å²) in [6.45, 7) is 5.40. The fourth-order valence-corrected chi connectivity index (χ4v) is 2.79. The van der Waals surface area contributed by atoms with Crippen molar-refractivity contribution in [3.63, 3.8) is 0 Å². The van der Waals surface area contributed by atoms with Crippen LogP contribution < -0.4 is 4.74 Å². The summed E-state index contributed by atoms with van der Waals surface area (Å²) in [5, 5.41) is 10.3.